The number of nitrogens with one attached hydrogen (secondary N) is 2. The normalized spacial score (nSPS) is 14.8. The highest BCUT2D eigenvalue weighted by Gasteiger charge is 2.41. The molecule has 1 fully saturated rings. The lowest BCUT2D eigenvalue weighted by molar-refractivity contribution is -0.110. The van der Waals surface area contributed by atoms with Crippen LogP contribution in [0.25, 0.3) is 5.65 Å². The van der Waals surface area contributed by atoms with Gasteiger partial charge in [-0.25, -0.2) is 14.1 Å². The van der Waals surface area contributed by atoms with Gasteiger partial charge < -0.3 is 15.5 Å². The van der Waals surface area contributed by atoms with E-state index in [0.29, 0.717) is 17.0 Å². The first-order chi connectivity index (χ1) is 14.5. The van der Waals surface area contributed by atoms with Crippen molar-refractivity contribution in [3.63, 3.8) is 0 Å². The summed E-state index contributed by atoms with van der Waals surface area (Å²) in [5.41, 5.74) is 3.05. The van der Waals surface area contributed by atoms with Crippen LogP contribution < -0.4 is 10.6 Å². The van der Waals surface area contributed by atoms with Crippen LogP contribution in [0.15, 0.2) is 23.1 Å². The molecule has 30 heavy (non-hydrogen) atoms. The van der Waals surface area contributed by atoms with Gasteiger partial charge >= 0.3 is 0 Å². The molecule has 2 amide bonds. The van der Waals surface area contributed by atoms with Crippen molar-refractivity contribution in [3.05, 3.63) is 41.1 Å². The Morgan fingerprint density at radius 3 is 2.93 bits per heavy atom. The summed E-state index contributed by atoms with van der Waals surface area (Å²) in [6.07, 6.45) is 7.42. The Kier molecular flexibility index (Phi) is 5.44. The Morgan fingerprint density at radius 1 is 1.40 bits per heavy atom. The minimum absolute atomic E-state index is 0.00121. The predicted molar refractivity (Wildman–Crippen MR) is 105 cm³/mol. The van der Waals surface area contributed by atoms with Gasteiger partial charge in [-0.15, -0.1) is 0 Å². The van der Waals surface area contributed by atoms with Crippen molar-refractivity contribution in [1.29, 1.82) is 0 Å². The molecule has 2 N–H and O–H groups in total. The Balaban J connectivity index is 1.33. The molecule has 3 aromatic heterocycles. The van der Waals surface area contributed by atoms with Crippen molar-refractivity contribution < 1.29 is 14.2 Å². The Hall–Kier alpha value is -3.34. The second kappa shape index (κ2) is 8.19. The lowest BCUT2D eigenvalue weighted by Gasteiger charge is -2.20. The number of imidazole rings is 1. The molecular formula is C19H24N8O3. The summed E-state index contributed by atoms with van der Waals surface area (Å²) in [6, 6.07) is 1.98. The number of hydrogen-bond acceptors (Lipinski definition) is 8. The van der Waals surface area contributed by atoms with E-state index < -0.39 is 0 Å². The molecule has 0 radical (unpaired) electrons. The van der Waals surface area contributed by atoms with Crippen LogP contribution in [0.5, 0.6) is 0 Å². The average molecular weight is 412 g/mol. The maximum absolute atomic E-state index is 12.1. The van der Waals surface area contributed by atoms with E-state index in [2.05, 4.69) is 47.6 Å². The first-order valence-electron chi connectivity index (χ1n) is 9.78. The molecule has 1 aliphatic rings. The highest BCUT2D eigenvalue weighted by Crippen LogP contribution is 2.38. The number of aromatic nitrogens is 5. The molecular weight excluding hydrogens is 388 g/mol. The van der Waals surface area contributed by atoms with E-state index in [4.69, 9.17) is 0 Å². The molecule has 4 rings (SSSR count). The minimum Gasteiger partial charge on any atom is -0.353 e. The van der Waals surface area contributed by atoms with Crippen LogP contribution in [0.2, 0.25) is 0 Å². The summed E-state index contributed by atoms with van der Waals surface area (Å²) < 4.78 is 6.23. The molecule has 0 aromatic carbocycles. The summed E-state index contributed by atoms with van der Waals surface area (Å²) in [5, 5.41) is 17.3. The fourth-order valence-electron chi connectivity index (χ4n) is 3.37. The SMILES string of the molecule is Cc1nonc1C(=O)NCc1cn2ncc(CN(C)CCC3(NC=O)CC3)cc2n1. The largest absolute Gasteiger partial charge is 0.353 e. The zero-order valence-electron chi connectivity index (χ0n) is 17.0. The fraction of sp³-hybridized carbons (Fsp3) is 0.474. The quantitative estimate of drug-likeness (QED) is 0.459. The van der Waals surface area contributed by atoms with Gasteiger partial charge in [0.25, 0.3) is 5.91 Å². The van der Waals surface area contributed by atoms with Gasteiger partial charge in [-0.1, -0.05) is 5.16 Å². The standard InChI is InChI=1S/C19H24N8O3/c1-13-17(25-30-24-13)18(29)20-9-15-11-27-16(23-15)7-14(8-22-27)10-26(2)6-5-19(3-4-19)21-12-28/h7-8,11-12H,3-6,9-10H2,1-2H3,(H,20,29)(H,21,28). The van der Waals surface area contributed by atoms with E-state index in [1.165, 1.54) is 0 Å². The van der Waals surface area contributed by atoms with Crippen LogP contribution in [0.4, 0.5) is 0 Å². The van der Waals surface area contributed by atoms with Crippen molar-refractivity contribution in [3.8, 4) is 0 Å². The number of rotatable bonds is 10. The number of aryl methyl sites for hydroxylation is 1. The van der Waals surface area contributed by atoms with Crippen LogP contribution >= 0.6 is 0 Å². The van der Waals surface area contributed by atoms with Crippen LogP contribution in [-0.4, -0.2) is 61.3 Å². The highest BCUT2D eigenvalue weighted by molar-refractivity contribution is 5.92. The first-order valence-corrected chi connectivity index (χ1v) is 9.78. The van der Waals surface area contributed by atoms with E-state index in [1.54, 1.807) is 17.6 Å². The zero-order chi connectivity index (χ0) is 21.1. The zero-order valence-corrected chi connectivity index (χ0v) is 17.0. The smallest absolute Gasteiger partial charge is 0.275 e. The summed E-state index contributed by atoms with van der Waals surface area (Å²) in [7, 11) is 2.05. The van der Waals surface area contributed by atoms with Gasteiger partial charge in [-0.3, -0.25) is 9.59 Å². The molecule has 11 heteroatoms. The second-order valence-corrected chi connectivity index (χ2v) is 7.81. The average Bonchev–Trinajstić information content (AvgIpc) is 3.15. The number of hydrogen-bond donors (Lipinski definition) is 2. The predicted octanol–water partition coefficient (Wildman–Crippen LogP) is 0.451. The van der Waals surface area contributed by atoms with Gasteiger partial charge in [0.1, 0.15) is 5.69 Å². The van der Waals surface area contributed by atoms with Crippen molar-refractivity contribution in [2.45, 2.75) is 44.8 Å². The van der Waals surface area contributed by atoms with E-state index in [-0.39, 0.29) is 23.7 Å². The lowest BCUT2D eigenvalue weighted by atomic mass is 10.1. The monoisotopic (exact) mass is 412 g/mol. The molecule has 11 nitrogen and oxygen atoms in total. The van der Waals surface area contributed by atoms with E-state index in [1.807, 2.05) is 12.3 Å². The number of fused-ring (bicyclic) bond motifs is 1. The number of carbonyl (C=O) groups excluding carboxylic acids is 2. The minimum atomic E-state index is -0.362. The summed E-state index contributed by atoms with van der Waals surface area (Å²) in [5.74, 6) is -0.362. The van der Waals surface area contributed by atoms with Gasteiger partial charge in [0.15, 0.2) is 11.3 Å². The van der Waals surface area contributed by atoms with Gasteiger partial charge in [0, 0.05) is 18.6 Å². The van der Waals surface area contributed by atoms with Crippen molar-refractivity contribution >= 4 is 18.0 Å². The van der Waals surface area contributed by atoms with E-state index in [0.717, 1.165) is 44.3 Å². The molecule has 1 saturated carbocycles. The summed E-state index contributed by atoms with van der Waals surface area (Å²) >= 11 is 0. The molecule has 0 saturated heterocycles. The van der Waals surface area contributed by atoms with Crippen molar-refractivity contribution in [1.82, 2.24) is 40.4 Å². The third kappa shape index (κ3) is 4.46. The maximum Gasteiger partial charge on any atom is 0.275 e. The molecule has 1 aliphatic carbocycles. The topological polar surface area (TPSA) is 131 Å². The first kappa shape index (κ1) is 20.0. The fourth-order valence-corrected chi connectivity index (χ4v) is 3.37. The Labute approximate surface area is 172 Å². The van der Waals surface area contributed by atoms with E-state index >= 15 is 0 Å². The van der Waals surface area contributed by atoms with Gasteiger partial charge in [0.2, 0.25) is 6.41 Å². The Bertz CT molecular complexity index is 1060. The maximum atomic E-state index is 12.1. The molecule has 0 spiro atoms. The van der Waals surface area contributed by atoms with Crippen LogP contribution in [0.1, 0.15) is 46.7 Å². The Morgan fingerprint density at radius 2 is 2.23 bits per heavy atom. The van der Waals surface area contributed by atoms with Gasteiger partial charge in [0.05, 0.1) is 24.6 Å². The third-order valence-corrected chi connectivity index (χ3v) is 5.37. The number of carbonyl (C=O) groups is 2. The molecule has 0 unspecified atom stereocenters. The molecule has 3 heterocycles. The third-order valence-electron chi connectivity index (χ3n) is 5.37. The second-order valence-electron chi connectivity index (χ2n) is 7.81. The number of amides is 2. The highest BCUT2D eigenvalue weighted by atomic mass is 16.6. The molecule has 158 valence electrons. The lowest BCUT2D eigenvalue weighted by Crippen LogP contribution is -2.34. The van der Waals surface area contributed by atoms with Crippen LogP contribution in [-0.2, 0) is 17.9 Å². The summed E-state index contributed by atoms with van der Waals surface area (Å²) in [4.78, 5) is 29.6. The molecule has 0 bridgehead atoms. The van der Waals surface area contributed by atoms with Gasteiger partial charge in [-0.2, -0.15) is 5.10 Å². The molecule has 0 atom stereocenters. The molecule has 3 aromatic rings. The van der Waals surface area contributed by atoms with E-state index in [9.17, 15) is 9.59 Å². The number of nitrogens with zero attached hydrogens (tertiary/aromatic N) is 6. The van der Waals surface area contributed by atoms with Crippen molar-refractivity contribution in [2.75, 3.05) is 13.6 Å². The summed E-state index contributed by atoms with van der Waals surface area (Å²) in [6.45, 7) is 3.52. The van der Waals surface area contributed by atoms with Crippen molar-refractivity contribution in [2.24, 2.45) is 0 Å². The molecule has 0 aliphatic heterocycles. The van der Waals surface area contributed by atoms with Crippen LogP contribution in [0.3, 0.4) is 0 Å². The van der Waals surface area contributed by atoms with Gasteiger partial charge in [-0.05, 0) is 50.0 Å². The van der Waals surface area contributed by atoms with Crippen LogP contribution in [0, 0.1) is 6.92 Å².